The van der Waals surface area contributed by atoms with Crippen molar-refractivity contribution >= 4 is 12.1 Å². The summed E-state index contributed by atoms with van der Waals surface area (Å²) in [7, 11) is 0. The first kappa shape index (κ1) is 15.9. The smallest absolute Gasteiger partial charge is 0.410 e. The van der Waals surface area contributed by atoms with Crippen LogP contribution in [0.5, 0.6) is 0 Å². The first-order chi connectivity index (χ1) is 9.37. The Labute approximate surface area is 120 Å². The lowest BCUT2D eigenvalue weighted by Gasteiger charge is -2.47. The van der Waals surface area contributed by atoms with Gasteiger partial charge in [-0.15, -0.1) is 0 Å². The predicted octanol–water partition coefficient (Wildman–Crippen LogP) is 2.51. The van der Waals surface area contributed by atoms with Crippen molar-refractivity contribution in [2.24, 2.45) is 17.3 Å². The lowest BCUT2D eigenvalue weighted by atomic mass is 9.55. The molecule has 0 bridgehead atoms. The minimum atomic E-state index is -4.44. The molecule has 1 aliphatic carbocycles. The standard InChI is InChI=1S/C13H18F3NO4/c1-11(2,3)21-10(20)17-5-8-7(13(14,15)16)4-12(8,6-17)9(18)19/h7-8H,4-6H2,1-3H3,(H,18,19)/t7-,8+,12-/m0/s1. The summed E-state index contributed by atoms with van der Waals surface area (Å²) in [4.78, 5) is 24.4. The fourth-order valence-electron chi connectivity index (χ4n) is 3.16. The molecule has 1 saturated carbocycles. The summed E-state index contributed by atoms with van der Waals surface area (Å²) in [6.07, 6.45) is -5.68. The third-order valence-electron chi connectivity index (χ3n) is 4.17. The maximum absolute atomic E-state index is 12.8. The van der Waals surface area contributed by atoms with Gasteiger partial charge in [0.1, 0.15) is 5.60 Å². The van der Waals surface area contributed by atoms with E-state index in [9.17, 15) is 27.9 Å². The molecule has 0 aromatic heterocycles. The average Bonchev–Trinajstić information content (AvgIpc) is 2.49. The van der Waals surface area contributed by atoms with Crippen LogP contribution in [0, 0.1) is 17.3 Å². The summed E-state index contributed by atoms with van der Waals surface area (Å²) >= 11 is 0. The van der Waals surface area contributed by atoms with Crippen molar-refractivity contribution < 1.29 is 32.6 Å². The number of carbonyl (C=O) groups excluding carboxylic acids is 1. The number of carbonyl (C=O) groups is 2. The van der Waals surface area contributed by atoms with Crippen molar-refractivity contribution in [1.82, 2.24) is 4.90 Å². The zero-order valence-electron chi connectivity index (χ0n) is 12.0. The van der Waals surface area contributed by atoms with E-state index in [1.807, 2.05) is 0 Å². The number of carboxylic acid groups (broad SMARTS) is 1. The number of likely N-dealkylation sites (tertiary alicyclic amines) is 1. The predicted molar refractivity (Wildman–Crippen MR) is 65.5 cm³/mol. The number of alkyl halides is 3. The molecule has 0 aromatic rings. The van der Waals surface area contributed by atoms with E-state index in [-0.39, 0.29) is 13.1 Å². The fraction of sp³-hybridized carbons (Fsp3) is 0.846. The number of aliphatic carboxylic acids is 1. The highest BCUT2D eigenvalue weighted by Gasteiger charge is 2.70. The summed E-state index contributed by atoms with van der Waals surface area (Å²) in [6.45, 7) is 4.46. The molecule has 1 amide bonds. The molecule has 0 unspecified atom stereocenters. The number of nitrogens with zero attached hydrogens (tertiary/aromatic N) is 1. The molecule has 1 saturated heterocycles. The minimum Gasteiger partial charge on any atom is -0.481 e. The zero-order chi connectivity index (χ0) is 16.2. The van der Waals surface area contributed by atoms with Crippen molar-refractivity contribution in [1.29, 1.82) is 0 Å². The van der Waals surface area contributed by atoms with Crippen molar-refractivity contribution in [2.75, 3.05) is 13.1 Å². The Kier molecular flexibility index (Phi) is 3.42. The van der Waals surface area contributed by atoms with Crippen LogP contribution in [0.25, 0.3) is 0 Å². The molecule has 21 heavy (non-hydrogen) atoms. The molecule has 2 aliphatic rings. The lowest BCUT2D eigenvalue weighted by molar-refractivity contribution is -0.242. The summed E-state index contributed by atoms with van der Waals surface area (Å²) in [5.41, 5.74) is -2.27. The van der Waals surface area contributed by atoms with Gasteiger partial charge in [-0.05, 0) is 27.2 Å². The highest BCUT2D eigenvalue weighted by atomic mass is 19.4. The number of hydrogen-bond donors (Lipinski definition) is 1. The Morgan fingerprint density at radius 2 is 1.86 bits per heavy atom. The Hall–Kier alpha value is -1.47. The van der Waals surface area contributed by atoms with Gasteiger partial charge in [-0.2, -0.15) is 13.2 Å². The van der Waals surface area contributed by atoms with Crippen LogP contribution >= 0.6 is 0 Å². The molecule has 3 atom stereocenters. The molecular weight excluding hydrogens is 291 g/mol. The van der Waals surface area contributed by atoms with E-state index in [0.717, 1.165) is 4.90 Å². The maximum Gasteiger partial charge on any atom is 0.410 e. The Morgan fingerprint density at radius 1 is 1.29 bits per heavy atom. The third kappa shape index (κ3) is 2.67. The molecule has 0 spiro atoms. The number of carboxylic acids is 1. The van der Waals surface area contributed by atoms with Gasteiger partial charge in [0.25, 0.3) is 0 Å². The quantitative estimate of drug-likeness (QED) is 0.808. The van der Waals surface area contributed by atoms with Gasteiger partial charge >= 0.3 is 18.2 Å². The summed E-state index contributed by atoms with van der Waals surface area (Å²) in [6, 6.07) is 0. The van der Waals surface area contributed by atoms with Crippen molar-refractivity contribution in [2.45, 2.75) is 39.0 Å². The van der Waals surface area contributed by atoms with Crippen molar-refractivity contribution in [3.8, 4) is 0 Å². The first-order valence-corrected chi connectivity index (χ1v) is 6.65. The molecule has 0 aromatic carbocycles. The van der Waals surface area contributed by atoms with Gasteiger partial charge in [0.2, 0.25) is 0 Å². The number of fused-ring (bicyclic) bond motifs is 1. The van der Waals surface area contributed by atoms with Crippen LogP contribution in [-0.2, 0) is 9.53 Å². The number of halogens is 3. The van der Waals surface area contributed by atoms with Gasteiger partial charge in [-0.1, -0.05) is 0 Å². The number of ether oxygens (including phenoxy) is 1. The second-order valence-electron chi connectivity index (χ2n) is 6.78. The Balaban J connectivity index is 2.15. The van der Waals surface area contributed by atoms with Crippen LogP contribution in [-0.4, -0.2) is 46.9 Å². The monoisotopic (exact) mass is 309 g/mol. The van der Waals surface area contributed by atoms with Crippen LogP contribution in [0.4, 0.5) is 18.0 Å². The van der Waals surface area contributed by atoms with Gasteiger partial charge in [0.15, 0.2) is 0 Å². The van der Waals surface area contributed by atoms with Crippen molar-refractivity contribution in [3.05, 3.63) is 0 Å². The van der Waals surface area contributed by atoms with E-state index in [1.165, 1.54) is 0 Å². The molecule has 1 N–H and O–H groups in total. The van der Waals surface area contributed by atoms with Crippen molar-refractivity contribution in [3.63, 3.8) is 0 Å². The molecule has 120 valence electrons. The molecule has 2 fully saturated rings. The summed E-state index contributed by atoms with van der Waals surface area (Å²) < 4.78 is 43.6. The normalized spacial score (nSPS) is 32.4. The van der Waals surface area contributed by atoms with Crippen LogP contribution < -0.4 is 0 Å². The Morgan fingerprint density at radius 3 is 2.29 bits per heavy atom. The van der Waals surface area contributed by atoms with Gasteiger partial charge < -0.3 is 14.7 Å². The second kappa shape index (κ2) is 4.51. The van der Waals surface area contributed by atoms with Gasteiger partial charge in [0, 0.05) is 19.0 Å². The van der Waals surface area contributed by atoms with Gasteiger partial charge in [-0.25, -0.2) is 4.79 Å². The molecule has 5 nitrogen and oxygen atoms in total. The van der Waals surface area contributed by atoms with Crippen LogP contribution in [0.1, 0.15) is 27.2 Å². The van der Waals surface area contributed by atoms with E-state index < -0.39 is 47.5 Å². The van der Waals surface area contributed by atoms with E-state index >= 15 is 0 Å². The number of hydrogen-bond acceptors (Lipinski definition) is 3. The number of amides is 1. The largest absolute Gasteiger partial charge is 0.481 e. The molecule has 1 heterocycles. The summed E-state index contributed by atoms with van der Waals surface area (Å²) in [5.74, 6) is -4.04. The molecule has 1 aliphatic heterocycles. The highest BCUT2D eigenvalue weighted by Crippen LogP contribution is 2.60. The minimum absolute atomic E-state index is 0.228. The highest BCUT2D eigenvalue weighted by molar-refractivity contribution is 5.80. The van der Waals surface area contributed by atoms with E-state index in [4.69, 9.17) is 4.74 Å². The Bertz CT molecular complexity index is 471. The molecule has 8 heteroatoms. The second-order valence-corrected chi connectivity index (χ2v) is 6.78. The maximum atomic E-state index is 12.8. The van der Waals surface area contributed by atoms with E-state index in [0.29, 0.717) is 0 Å². The van der Waals surface area contributed by atoms with Gasteiger partial charge in [0.05, 0.1) is 11.3 Å². The van der Waals surface area contributed by atoms with E-state index in [2.05, 4.69) is 0 Å². The zero-order valence-corrected chi connectivity index (χ0v) is 12.0. The number of rotatable bonds is 1. The van der Waals surface area contributed by atoms with Gasteiger partial charge in [-0.3, -0.25) is 4.79 Å². The van der Waals surface area contributed by atoms with Crippen LogP contribution in [0.15, 0.2) is 0 Å². The molecule has 0 radical (unpaired) electrons. The first-order valence-electron chi connectivity index (χ1n) is 6.65. The topological polar surface area (TPSA) is 66.8 Å². The molecular formula is C13H18F3NO4. The summed E-state index contributed by atoms with van der Waals surface area (Å²) in [5, 5.41) is 9.26. The fourth-order valence-corrected chi connectivity index (χ4v) is 3.16. The van der Waals surface area contributed by atoms with Crippen LogP contribution in [0.2, 0.25) is 0 Å². The van der Waals surface area contributed by atoms with E-state index in [1.54, 1.807) is 20.8 Å². The molecule has 2 rings (SSSR count). The SMILES string of the molecule is CC(C)(C)OC(=O)N1C[C@@H]2[C@@H](C(F)(F)F)C[C@]2(C(=O)O)C1. The average molecular weight is 309 g/mol. The lowest BCUT2D eigenvalue weighted by Crippen LogP contribution is -2.57. The third-order valence-corrected chi connectivity index (χ3v) is 4.17. The van der Waals surface area contributed by atoms with Crippen LogP contribution in [0.3, 0.4) is 0 Å².